The molecule has 3 aromatic rings. The molecule has 0 bridgehead atoms. The van der Waals surface area contributed by atoms with Crippen LogP contribution in [-0.4, -0.2) is 17.4 Å². The third-order valence-electron chi connectivity index (χ3n) is 4.47. The molecule has 0 unspecified atom stereocenters. The lowest BCUT2D eigenvalue weighted by Crippen LogP contribution is -2.36. The van der Waals surface area contributed by atoms with E-state index in [-0.39, 0.29) is 5.91 Å². The van der Waals surface area contributed by atoms with Crippen molar-refractivity contribution in [3.05, 3.63) is 72.1 Å². The van der Waals surface area contributed by atoms with Gasteiger partial charge >= 0.3 is 0 Å². The molecule has 3 nitrogen and oxygen atoms in total. The van der Waals surface area contributed by atoms with E-state index in [1.807, 2.05) is 41.3 Å². The van der Waals surface area contributed by atoms with Crippen molar-refractivity contribution < 1.29 is 4.79 Å². The maximum atomic E-state index is 12.9. The first-order valence-electron chi connectivity index (χ1n) is 8.04. The highest BCUT2D eigenvalue weighted by Gasteiger charge is 2.23. The first kappa shape index (κ1) is 13.9. The van der Waals surface area contributed by atoms with Crippen LogP contribution in [0.4, 0.5) is 5.69 Å². The molecular weight excluding hydrogens is 284 g/mol. The van der Waals surface area contributed by atoms with Gasteiger partial charge in [0.1, 0.15) is 0 Å². The highest BCUT2D eigenvalue weighted by molar-refractivity contribution is 5.98. The Morgan fingerprint density at radius 3 is 2.87 bits per heavy atom. The number of hydrogen-bond donors (Lipinski definition) is 0. The first-order valence-corrected chi connectivity index (χ1v) is 8.04. The molecule has 0 aliphatic carbocycles. The van der Waals surface area contributed by atoms with Crippen molar-refractivity contribution in [2.24, 2.45) is 0 Å². The molecule has 1 aromatic heterocycles. The number of anilines is 1. The molecule has 2 heterocycles. The van der Waals surface area contributed by atoms with Crippen LogP contribution in [0.15, 0.2) is 60.8 Å². The zero-order chi connectivity index (χ0) is 15.6. The molecule has 4 rings (SSSR count). The summed E-state index contributed by atoms with van der Waals surface area (Å²) in [4.78, 5) is 19.2. The molecule has 1 amide bonds. The van der Waals surface area contributed by atoms with Gasteiger partial charge in [0.15, 0.2) is 0 Å². The van der Waals surface area contributed by atoms with E-state index < -0.39 is 0 Å². The molecule has 0 N–H and O–H groups in total. The second-order valence-electron chi connectivity index (χ2n) is 5.93. The quantitative estimate of drug-likeness (QED) is 0.722. The number of aryl methyl sites for hydroxylation is 1. The van der Waals surface area contributed by atoms with Crippen molar-refractivity contribution in [2.45, 2.75) is 19.3 Å². The summed E-state index contributed by atoms with van der Waals surface area (Å²) in [6.07, 6.45) is 4.16. The minimum Gasteiger partial charge on any atom is -0.310 e. The number of carbonyl (C=O) groups excluding carboxylic acids is 1. The Balaban J connectivity index is 1.66. The minimum atomic E-state index is 0.148. The predicted octanol–water partition coefficient (Wildman–Crippen LogP) is 3.76. The Labute approximate surface area is 135 Å². The Hall–Kier alpha value is -2.68. The maximum absolute atomic E-state index is 12.9. The lowest BCUT2D eigenvalue weighted by molar-refractivity contribution is -0.118. The fourth-order valence-corrected chi connectivity index (χ4v) is 3.36. The summed E-state index contributed by atoms with van der Waals surface area (Å²) in [6, 6.07) is 18.3. The summed E-state index contributed by atoms with van der Waals surface area (Å²) in [5.74, 6) is 0.148. The average molecular weight is 302 g/mol. The molecule has 0 saturated carbocycles. The molecule has 3 heteroatoms. The van der Waals surface area contributed by atoms with Crippen LogP contribution in [0.3, 0.4) is 0 Å². The van der Waals surface area contributed by atoms with E-state index in [1.54, 1.807) is 6.20 Å². The van der Waals surface area contributed by atoms with Gasteiger partial charge in [-0.1, -0.05) is 42.5 Å². The van der Waals surface area contributed by atoms with Crippen LogP contribution in [0.1, 0.15) is 17.7 Å². The van der Waals surface area contributed by atoms with Crippen LogP contribution in [0, 0.1) is 0 Å². The Kier molecular flexibility index (Phi) is 3.54. The van der Waals surface area contributed by atoms with Gasteiger partial charge in [-0.2, -0.15) is 0 Å². The number of hydrogen-bond acceptors (Lipinski definition) is 2. The van der Waals surface area contributed by atoms with E-state index in [2.05, 4.69) is 23.2 Å². The van der Waals surface area contributed by atoms with Crippen LogP contribution in [0.25, 0.3) is 10.8 Å². The Bertz CT molecular complexity index is 867. The molecule has 1 aliphatic heterocycles. The van der Waals surface area contributed by atoms with E-state index >= 15 is 0 Å². The largest absolute Gasteiger partial charge is 0.310 e. The molecule has 2 aromatic carbocycles. The first-order chi connectivity index (χ1) is 11.3. The summed E-state index contributed by atoms with van der Waals surface area (Å²) in [7, 11) is 0. The van der Waals surface area contributed by atoms with Gasteiger partial charge in [0, 0.05) is 12.7 Å². The molecule has 0 spiro atoms. The van der Waals surface area contributed by atoms with Gasteiger partial charge in [0.05, 0.1) is 17.8 Å². The van der Waals surface area contributed by atoms with Crippen molar-refractivity contribution in [3.63, 3.8) is 0 Å². The number of carbonyl (C=O) groups is 1. The lowest BCUT2D eigenvalue weighted by atomic mass is 10.0. The Morgan fingerprint density at radius 1 is 1.04 bits per heavy atom. The summed E-state index contributed by atoms with van der Waals surface area (Å²) in [5, 5.41) is 2.34. The van der Waals surface area contributed by atoms with Crippen molar-refractivity contribution in [2.75, 3.05) is 11.4 Å². The third kappa shape index (κ3) is 2.59. The van der Waals surface area contributed by atoms with Crippen molar-refractivity contribution in [1.82, 2.24) is 4.98 Å². The van der Waals surface area contributed by atoms with E-state index in [0.29, 0.717) is 6.42 Å². The number of amides is 1. The van der Waals surface area contributed by atoms with E-state index in [4.69, 9.17) is 0 Å². The van der Waals surface area contributed by atoms with Gasteiger partial charge < -0.3 is 4.90 Å². The van der Waals surface area contributed by atoms with Crippen LogP contribution in [0.2, 0.25) is 0 Å². The number of nitrogens with zero attached hydrogens (tertiary/aromatic N) is 2. The van der Waals surface area contributed by atoms with Crippen LogP contribution in [-0.2, 0) is 17.6 Å². The number of aromatic nitrogens is 1. The fourth-order valence-electron chi connectivity index (χ4n) is 3.36. The smallest absolute Gasteiger partial charge is 0.231 e. The van der Waals surface area contributed by atoms with Crippen molar-refractivity contribution in [1.29, 1.82) is 0 Å². The predicted molar refractivity (Wildman–Crippen MR) is 92.6 cm³/mol. The number of fused-ring (bicyclic) bond motifs is 2. The van der Waals surface area contributed by atoms with Crippen LogP contribution in [0.5, 0.6) is 0 Å². The van der Waals surface area contributed by atoms with Crippen LogP contribution < -0.4 is 4.90 Å². The van der Waals surface area contributed by atoms with Gasteiger partial charge in [0.2, 0.25) is 5.91 Å². The van der Waals surface area contributed by atoms with Crippen molar-refractivity contribution in [3.8, 4) is 0 Å². The van der Waals surface area contributed by atoms with Gasteiger partial charge in [-0.25, -0.2) is 0 Å². The van der Waals surface area contributed by atoms with Gasteiger partial charge in [-0.05, 0) is 41.3 Å². The summed E-state index contributed by atoms with van der Waals surface area (Å²) in [6.45, 7) is 0.780. The Morgan fingerprint density at radius 2 is 1.91 bits per heavy atom. The topological polar surface area (TPSA) is 33.2 Å². The van der Waals surface area contributed by atoms with E-state index in [0.717, 1.165) is 41.7 Å². The van der Waals surface area contributed by atoms with Gasteiger partial charge in [0.25, 0.3) is 0 Å². The fraction of sp³-hybridized carbons (Fsp3) is 0.200. The monoisotopic (exact) mass is 302 g/mol. The molecule has 0 atom stereocenters. The summed E-state index contributed by atoms with van der Waals surface area (Å²) >= 11 is 0. The normalized spacial score (nSPS) is 13.8. The maximum Gasteiger partial charge on any atom is 0.231 e. The minimum absolute atomic E-state index is 0.148. The average Bonchev–Trinajstić information content (AvgIpc) is 2.61. The molecule has 0 saturated heterocycles. The van der Waals surface area contributed by atoms with E-state index in [9.17, 15) is 4.79 Å². The molecular formula is C20H18N2O. The zero-order valence-electron chi connectivity index (χ0n) is 12.9. The van der Waals surface area contributed by atoms with Crippen molar-refractivity contribution >= 4 is 22.4 Å². The standard InChI is InChI=1S/C20H18N2O/c23-20(22-13-5-10-18-19(22)11-4-12-21-18)14-16-8-3-7-15-6-1-2-9-17(15)16/h1-4,6-9,11-12H,5,10,13-14H2. The summed E-state index contributed by atoms with van der Waals surface area (Å²) < 4.78 is 0. The second-order valence-corrected chi connectivity index (χ2v) is 5.93. The van der Waals surface area contributed by atoms with Gasteiger partial charge in [-0.3, -0.25) is 9.78 Å². The number of rotatable bonds is 2. The van der Waals surface area contributed by atoms with Crippen LogP contribution >= 0.6 is 0 Å². The molecule has 1 aliphatic rings. The SMILES string of the molecule is O=C(Cc1cccc2ccccc12)N1CCCc2ncccc21. The molecule has 114 valence electrons. The highest BCUT2D eigenvalue weighted by Crippen LogP contribution is 2.26. The molecule has 0 radical (unpaired) electrons. The lowest BCUT2D eigenvalue weighted by Gasteiger charge is -2.28. The number of pyridine rings is 1. The third-order valence-corrected chi connectivity index (χ3v) is 4.47. The highest BCUT2D eigenvalue weighted by atomic mass is 16.2. The van der Waals surface area contributed by atoms with E-state index in [1.165, 1.54) is 5.39 Å². The zero-order valence-corrected chi connectivity index (χ0v) is 12.9. The summed E-state index contributed by atoms with van der Waals surface area (Å²) in [5.41, 5.74) is 3.10. The van der Waals surface area contributed by atoms with Gasteiger partial charge in [-0.15, -0.1) is 0 Å². The number of benzene rings is 2. The molecule has 23 heavy (non-hydrogen) atoms. The second kappa shape index (κ2) is 5.84. The molecule has 0 fully saturated rings.